The van der Waals surface area contributed by atoms with Gasteiger partial charge in [0.25, 0.3) is 0 Å². The van der Waals surface area contributed by atoms with Crippen LogP contribution in [0.2, 0.25) is 0 Å². The molecular formula is C61H43N. The zero-order chi connectivity index (χ0) is 41.3. The molecule has 1 aliphatic carbocycles. The highest BCUT2D eigenvalue weighted by atomic mass is 15.1. The molecule has 0 aliphatic heterocycles. The van der Waals surface area contributed by atoms with Crippen LogP contribution in [0.25, 0.3) is 55.6 Å². The summed E-state index contributed by atoms with van der Waals surface area (Å²) in [6.45, 7) is 0. The topological polar surface area (TPSA) is 3.24 Å². The van der Waals surface area contributed by atoms with Gasteiger partial charge < -0.3 is 4.90 Å². The maximum absolute atomic E-state index is 2.42. The van der Waals surface area contributed by atoms with Crippen molar-refractivity contribution in [3.8, 4) is 55.6 Å². The Bertz CT molecular complexity index is 3090. The van der Waals surface area contributed by atoms with Gasteiger partial charge in [0.1, 0.15) is 0 Å². The van der Waals surface area contributed by atoms with E-state index in [0.29, 0.717) is 0 Å². The molecule has 1 nitrogen and oxygen atoms in total. The Balaban J connectivity index is 1.05. The van der Waals surface area contributed by atoms with Crippen molar-refractivity contribution in [2.75, 3.05) is 4.90 Å². The third-order valence-electron chi connectivity index (χ3n) is 12.6. The quantitative estimate of drug-likeness (QED) is 0.141. The maximum atomic E-state index is 2.42. The molecule has 0 aromatic heterocycles. The smallest absolute Gasteiger partial charge is 0.0714 e. The standard InChI is InChI=1S/C61H43N/c1-4-16-44(17-5-1)46-30-32-48(33-31-46)49-38-40-54(41-39-49)62(55-24-14-20-51(42-55)50-36-34-47(35-37-50)45-18-6-2-7-19-45)56-25-15-23-53(43-56)61(52-21-8-3-9-22-52)59-28-12-10-26-57(59)58-27-11-13-29-60(58)61/h1-43H. The van der Waals surface area contributed by atoms with Crippen molar-refractivity contribution in [2.24, 2.45) is 0 Å². The van der Waals surface area contributed by atoms with Gasteiger partial charge in [0, 0.05) is 17.1 Å². The van der Waals surface area contributed by atoms with Crippen LogP contribution in [0.3, 0.4) is 0 Å². The highest BCUT2D eigenvalue weighted by Crippen LogP contribution is 2.56. The lowest BCUT2D eigenvalue weighted by atomic mass is 9.67. The van der Waals surface area contributed by atoms with E-state index in [4.69, 9.17) is 0 Å². The molecule has 0 saturated carbocycles. The summed E-state index contributed by atoms with van der Waals surface area (Å²) in [5, 5.41) is 0. The van der Waals surface area contributed by atoms with Gasteiger partial charge in [0.2, 0.25) is 0 Å². The normalized spacial score (nSPS) is 12.3. The second-order valence-electron chi connectivity index (χ2n) is 16.1. The first kappa shape index (κ1) is 37.0. The fourth-order valence-corrected chi connectivity index (χ4v) is 9.64. The third-order valence-corrected chi connectivity index (χ3v) is 12.6. The second kappa shape index (κ2) is 15.9. The SMILES string of the molecule is c1ccc(-c2ccc(-c3ccc(N(c4cccc(-c5ccc(-c6ccccc6)cc5)c4)c4cccc(C5(c6ccccc6)c6ccccc6-c6ccccc65)c4)cc3)cc2)cc1. The maximum Gasteiger partial charge on any atom is 0.0714 e. The van der Waals surface area contributed by atoms with Gasteiger partial charge in [-0.25, -0.2) is 0 Å². The summed E-state index contributed by atoms with van der Waals surface area (Å²) >= 11 is 0. The molecule has 10 aromatic rings. The second-order valence-corrected chi connectivity index (χ2v) is 16.1. The number of benzene rings is 10. The summed E-state index contributed by atoms with van der Waals surface area (Å²) in [5.41, 5.74) is 20.0. The van der Waals surface area contributed by atoms with Gasteiger partial charge >= 0.3 is 0 Å². The predicted molar refractivity (Wildman–Crippen MR) is 260 cm³/mol. The molecule has 0 bridgehead atoms. The molecule has 0 N–H and O–H groups in total. The molecule has 0 unspecified atom stereocenters. The van der Waals surface area contributed by atoms with Crippen molar-refractivity contribution in [3.05, 3.63) is 283 Å². The number of fused-ring (bicyclic) bond motifs is 3. The average molecular weight is 790 g/mol. The Labute approximate surface area is 364 Å². The van der Waals surface area contributed by atoms with Crippen LogP contribution in [0, 0.1) is 0 Å². The van der Waals surface area contributed by atoms with E-state index in [1.807, 2.05) is 0 Å². The molecule has 292 valence electrons. The average Bonchev–Trinajstić information content (AvgIpc) is 3.66. The first-order valence-corrected chi connectivity index (χ1v) is 21.4. The number of hydrogen-bond acceptors (Lipinski definition) is 1. The van der Waals surface area contributed by atoms with E-state index in [2.05, 4.69) is 266 Å². The first-order valence-electron chi connectivity index (χ1n) is 21.4. The summed E-state index contributed by atoms with van der Waals surface area (Å²) < 4.78 is 0. The Morgan fingerprint density at radius 1 is 0.226 bits per heavy atom. The first-order chi connectivity index (χ1) is 30.7. The van der Waals surface area contributed by atoms with Crippen molar-refractivity contribution in [2.45, 2.75) is 5.41 Å². The van der Waals surface area contributed by atoms with Gasteiger partial charge in [0.15, 0.2) is 0 Å². The Morgan fingerprint density at radius 3 is 1.10 bits per heavy atom. The number of anilines is 3. The van der Waals surface area contributed by atoms with Crippen LogP contribution < -0.4 is 4.90 Å². The molecule has 11 rings (SSSR count). The monoisotopic (exact) mass is 789 g/mol. The molecule has 0 fully saturated rings. The molecule has 62 heavy (non-hydrogen) atoms. The number of hydrogen-bond donors (Lipinski definition) is 0. The van der Waals surface area contributed by atoms with E-state index >= 15 is 0 Å². The fourth-order valence-electron chi connectivity index (χ4n) is 9.64. The largest absolute Gasteiger partial charge is 0.310 e. The van der Waals surface area contributed by atoms with Crippen LogP contribution >= 0.6 is 0 Å². The minimum Gasteiger partial charge on any atom is -0.310 e. The molecular weight excluding hydrogens is 747 g/mol. The highest BCUT2D eigenvalue weighted by Gasteiger charge is 2.46. The lowest BCUT2D eigenvalue weighted by molar-refractivity contribution is 0.768. The summed E-state index contributed by atoms with van der Waals surface area (Å²) in [5.74, 6) is 0. The summed E-state index contributed by atoms with van der Waals surface area (Å²) in [7, 11) is 0. The summed E-state index contributed by atoms with van der Waals surface area (Å²) in [6.07, 6.45) is 0. The van der Waals surface area contributed by atoms with Crippen molar-refractivity contribution >= 4 is 17.1 Å². The van der Waals surface area contributed by atoms with E-state index in [1.165, 1.54) is 72.3 Å². The van der Waals surface area contributed by atoms with Crippen LogP contribution in [0.4, 0.5) is 17.1 Å². The van der Waals surface area contributed by atoms with Crippen molar-refractivity contribution in [3.63, 3.8) is 0 Å². The molecule has 0 atom stereocenters. The van der Waals surface area contributed by atoms with Crippen molar-refractivity contribution < 1.29 is 0 Å². The molecule has 10 aromatic carbocycles. The van der Waals surface area contributed by atoms with Gasteiger partial charge in [-0.1, -0.05) is 224 Å². The van der Waals surface area contributed by atoms with E-state index in [1.54, 1.807) is 0 Å². The number of rotatable bonds is 9. The molecule has 0 amide bonds. The molecule has 0 saturated heterocycles. The fraction of sp³-hybridized carbons (Fsp3) is 0.0164. The van der Waals surface area contributed by atoms with Crippen LogP contribution in [-0.2, 0) is 5.41 Å². The van der Waals surface area contributed by atoms with E-state index in [-0.39, 0.29) is 0 Å². The summed E-state index contributed by atoms with van der Waals surface area (Å²) in [6, 6.07) is 95.2. The van der Waals surface area contributed by atoms with E-state index in [9.17, 15) is 0 Å². The lowest BCUT2D eigenvalue weighted by Gasteiger charge is -2.35. The van der Waals surface area contributed by atoms with Gasteiger partial charge in [-0.3, -0.25) is 0 Å². The van der Waals surface area contributed by atoms with Crippen LogP contribution in [0.1, 0.15) is 22.3 Å². The molecule has 0 radical (unpaired) electrons. The van der Waals surface area contributed by atoms with Crippen molar-refractivity contribution in [1.29, 1.82) is 0 Å². The van der Waals surface area contributed by atoms with Crippen LogP contribution in [0.5, 0.6) is 0 Å². The van der Waals surface area contributed by atoms with E-state index in [0.717, 1.165) is 22.6 Å². The zero-order valence-electron chi connectivity index (χ0n) is 34.3. The minimum absolute atomic E-state index is 0.506. The van der Waals surface area contributed by atoms with Gasteiger partial charge in [0.05, 0.1) is 5.41 Å². The molecule has 0 spiro atoms. The number of nitrogens with zero attached hydrogens (tertiary/aromatic N) is 1. The minimum atomic E-state index is -0.506. The van der Waals surface area contributed by atoms with Gasteiger partial charge in [-0.2, -0.15) is 0 Å². The Morgan fingerprint density at radius 2 is 0.581 bits per heavy atom. The zero-order valence-corrected chi connectivity index (χ0v) is 34.3. The van der Waals surface area contributed by atoms with Crippen LogP contribution in [-0.4, -0.2) is 0 Å². The van der Waals surface area contributed by atoms with Crippen LogP contribution in [0.15, 0.2) is 261 Å². The molecule has 1 aliphatic rings. The van der Waals surface area contributed by atoms with Crippen molar-refractivity contribution in [1.82, 2.24) is 0 Å². The van der Waals surface area contributed by atoms with E-state index < -0.39 is 5.41 Å². The molecule has 1 heteroatoms. The summed E-state index contributed by atoms with van der Waals surface area (Å²) in [4.78, 5) is 2.42. The predicted octanol–water partition coefficient (Wildman–Crippen LogP) is 16.2. The van der Waals surface area contributed by atoms with Gasteiger partial charge in [-0.05, 0) is 114 Å². The van der Waals surface area contributed by atoms with Gasteiger partial charge in [-0.15, -0.1) is 0 Å². The Hall–Kier alpha value is -8.00. The highest BCUT2D eigenvalue weighted by molar-refractivity contribution is 5.88. The Kier molecular flexibility index (Phi) is 9.48. The third kappa shape index (κ3) is 6.52. The lowest BCUT2D eigenvalue weighted by Crippen LogP contribution is -2.28. The molecule has 0 heterocycles.